The van der Waals surface area contributed by atoms with Crippen molar-refractivity contribution in [2.75, 3.05) is 11.9 Å². The fourth-order valence-electron chi connectivity index (χ4n) is 2.36. The lowest BCUT2D eigenvalue weighted by atomic mass is 10.1. The number of fused-ring (bicyclic) bond motifs is 1. The molecule has 0 aliphatic carbocycles. The Labute approximate surface area is 119 Å². The summed E-state index contributed by atoms with van der Waals surface area (Å²) in [5, 5.41) is 7.17. The van der Waals surface area contributed by atoms with Crippen LogP contribution in [-0.4, -0.2) is 23.5 Å². The highest BCUT2D eigenvalue weighted by Crippen LogP contribution is 2.24. The standard InChI is InChI=1S/C14H14BrN3O/c15-10-7-9-3-1-4-11(13(9)17-8-10)18-14(19)12-5-2-6-16-12/h1,3-4,7-8,12,16H,2,5-6H2,(H,18,19). The van der Waals surface area contributed by atoms with E-state index in [0.717, 1.165) is 40.4 Å². The van der Waals surface area contributed by atoms with Gasteiger partial charge in [-0.05, 0) is 47.4 Å². The second-order valence-corrected chi connectivity index (χ2v) is 5.58. The van der Waals surface area contributed by atoms with E-state index < -0.39 is 0 Å². The number of hydrogen-bond acceptors (Lipinski definition) is 3. The number of anilines is 1. The van der Waals surface area contributed by atoms with Crippen LogP contribution in [0.5, 0.6) is 0 Å². The number of nitrogens with zero attached hydrogens (tertiary/aromatic N) is 1. The molecule has 0 spiro atoms. The summed E-state index contributed by atoms with van der Waals surface area (Å²) in [6.45, 7) is 0.915. The molecule has 1 aromatic heterocycles. The minimum atomic E-state index is -0.0781. The molecule has 2 N–H and O–H groups in total. The van der Waals surface area contributed by atoms with E-state index in [1.807, 2.05) is 24.3 Å². The molecule has 2 aromatic rings. The monoisotopic (exact) mass is 319 g/mol. The summed E-state index contributed by atoms with van der Waals surface area (Å²) in [6, 6.07) is 7.71. The van der Waals surface area contributed by atoms with E-state index in [2.05, 4.69) is 31.5 Å². The Morgan fingerprint density at radius 1 is 1.47 bits per heavy atom. The average molecular weight is 320 g/mol. The van der Waals surface area contributed by atoms with Gasteiger partial charge in [0.1, 0.15) is 0 Å². The maximum absolute atomic E-state index is 12.1. The number of carbonyl (C=O) groups is 1. The molecular weight excluding hydrogens is 306 g/mol. The summed E-state index contributed by atoms with van der Waals surface area (Å²) in [7, 11) is 0. The van der Waals surface area contributed by atoms with Crippen LogP contribution in [0.3, 0.4) is 0 Å². The second kappa shape index (κ2) is 5.27. The summed E-state index contributed by atoms with van der Waals surface area (Å²) < 4.78 is 0.931. The molecule has 5 heteroatoms. The van der Waals surface area contributed by atoms with E-state index in [-0.39, 0.29) is 11.9 Å². The number of amides is 1. The predicted octanol–water partition coefficient (Wildman–Crippen LogP) is 2.69. The fourth-order valence-corrected chi connectivity index (χ4v) is 2.71. The van der Waals surface area contributed by atoms with Crippen molar-refractivity contribution in [3.05, 3.63) is 34.9 Å². The first kappa shape index (κ1) is 12.6. The largest absolute Gasteiger partial charge is 0.323 e. The van der Waals surface area contributed by atoms with E-state index >= 15 is 0 Å². The quantitative estimate of drug-likeness (QED) is 0.894. The zero-order valence-corrected chi connectivity index (χ0v) is 11.9. The fraction of sp³-hybridized carbons (Fsp3) is 0.286. The highest BCUT2D eigenvalue weighted by Gasteiger charge is 2.22. The van der Waals surface area contributed by atoms with Crippen LogP contribution in [0.1, 0.15) is 12.8 Å². The minimum Gasteiger partial charge on any atom is -0.323 e. The molecule has 2 heterocycles. The van der Waals surface area contributed by atoms with E-state index in [4.69, 9.17) is 0 Å². The number of nitrogens with one attached hydrogen (secondary N) is 2. The second-order valence-electron chi connectivity index (χ2n) is 4.67. The molecule has 1 saturated heterocycles. The third-order valence-electron chi connectivity index (χ3n) is 3.31. The smallest absolute Gasteiger partial charge is 0.241 e. The number of hydrogen-bond donors (Lipinski definition) is 2. The first-order valence-electron chi connectivity index (χ1n) is 6.32. The molecule has 0 bridgehead atoms. The first-order chi connectivity index (χ1) is 9.24. The lowest BCUT2D eigenvalue weighted by Crippen LogP contribution is -2.35. The third-order valence-corrected chi connectivity index (χ3v) is 3.75. The number of carbonyl (C=O) groups excluding carboxylic acids is 1. The summed E-state index contributed by atoms with van der Waals surface area (Å²) in [4.78, 5) is 16.5. The third kappa shape index (κ3) is 2.62. The molecule has 98 valence electrons. The van der Waals surface area contributed by atoms with Gasteiger partial charge in [-0.15, -0.1) is 0 Å². The molecule has 3 rings (SSSR count). The predicted molar refractivity (Wildman–Crippen MR) is 79.1 cm³/mol. The highest BCUT2D eigenvalue weighted by molar-refractivity contribution is 9.10. The van der Waals surface area contributed by atoms with Gasteiger partial charge < -0.3 is 10.6 Å². The normalized spacial score (nSPS) is 18.7. The molecule has 1 unspecified atom stereocenters. The minimum absolute atomic E-state index is 0.0229. The molecule has 1 amide bonds. The highest BCUT2D eigenvalue weighted by atomic mass is 79.9. The van der Waals surface area contributed by atoms with Gasteiger partial charge in [-0.1, -0.05) is 12.1 Å². The van der Waals surface area contributed by atoms with Crippen LogP contribution in [0.15, 0.2) is 34.9 Å². The summed E-state index contributed by atoms with van der Waals surface area (Å²) in [6.07, 6.45) is 3.69. The lowest BCUT2D eigenvalue weighted by molar-refractivity contribution is -0.117. The number of pyridine rings is 1. The Morgan fingerprint density at radius 3 is 3.16 bits per heavy atom. The number of aromatic nitrogens is 1. The zero-order chi connectivity index (χ0) is 13.2. The van der Waals surface area contributed by atoms with Crippen molar-refractivity contribution in [2.45, 2.75) is 18.9 Å². The van der Waals surface area contributed by atoms with Crippen LogP contribution in [0, 0.1) is 0 Å². The first-order valence-corrected chi connectivity index (χ1v) is 7.12. The van der Waals surface area contributed by atoms with Gasteiger partial charge in [0, 0.05) is 16.1 Å². The summed E-state index contributed by atoms with van der Waals surface area (Å²) in [5.41, 5.74) is 1.58. The van der Waals surface area contributed by atoms with E-state index in [1.54, 1.807) is 6.20 Å². The molecule has 0 radical (unpaired) electrons. The Hall–Kier alpha value is -1.46. The van der Waals surface area contributed by atoms with Crippen LogP contribution < -0.4 is 10.6 Å². The van der Waals surface area contributed by atoms with Gasteiger partial charge in [0.15, 0.2) is 0 Å². The van der Waals surface area contributed by atoms with Crippen LogP contribution in [0.4, 0.5) is 5.69 Å². The van der Waals surface area contributed by atoms with Crippen molar-refractivity contribution in [1.82, 2.24) is 10.3 Å². The molecule has 1 aliphatic heterocycles. The van der Waals surface area contributed by atoms with Gasteiger partial charge in [-0.2, -0.15) is 0 Å². The number of halogens is 1. The lowest BCUT2D eigenvalue weighted by Gasteiger charge is -2.12. The molecule has 19 heavy (non-hydrogen) atoms. The van der Waals surface area contributed by atoms with Gasteiger partial charge in [0.2, 0.25) is 5.91 Å². The molecule has 4 nitrogen and oxygen atoms in total. The number of para-hydroxylation sites is 1. The molecule has 1 aliphatic rings. The SMILES string of the molecule is O=C(Nc1cccc2cc(Br)cnc12)C1CCCN1. The van der Waals surface area contributed by atoms with Crippen molar-refractivity contribution < 1.29 is 4.79 Å². The van der Waals surface area contributed by atoms with Gasteiger partial charge in [-0.25, -0.2) is 0 Å². The summed E-state index contributed by atoms with van der Waals surface area (Å²) >= 11 is 3.40. The van der Waals surface area contributed by atoms with Crippen LogP contribution in [-0.2, 0) is 4.79 Å². The summed E-state index contributed by atoms with van der Waals surface area (Å²) in [5.74, 6) is 0.0229. The van der Waals surface area contributed by atoms with Crippen LogP contribution in [0.25, 0.3) is 10.9 Å². The Bertz CT molecular complexity index is 623. The Kier molecular flexibility index (Phi) is 3.48. The maximum atomic E-state index is 12.1. The van der Waals surface area contributed by atoms with E-state index in [0.29, 0.717) is 0 Å². The van der Waals surface area contributed by atoms with E-state index in [9.17, 15) is 4.79 Å². The van der Waals surface area contributed by atoms with E-state index in [1.165, 1.54) is 0 Å². The average Bonchev–Trinajstić information content (AvgIpc) is 2.92. The van der Waals surface area contributed by atoms with Gasteiger partial charge in [-0.3, -0.25) is 9.78 Å². The van der Waals surface area contributed by atoms with Gasteiger partial charge >= 0.3 is 0 Å². The Balaban J connectivity index is 1.90. The number of rotatable bonds is 2. The van der Waals surface area contributed by atoms with Crippen molar-refractivity contribution >= 4 is 38.4 Å². The van der Waals surface area contributed by atoms with Crippen molar-refractivity contribution in [2.24, 2.45) is 0 Å². The molecule has 1 atom stereocenters. The topological polar surface area (TPSA) is 54.0 Å². The van der Waals surface area contributed by atoms with Gasteiger partial charge in [0.25, 0.3) is 0 Å². The molecular formula is C14H14BrN3O. The maximum Gasteiger partial charge on any atom is 0.241 e. The molecule has 0 saturated carbocycles. The van der Waals surface area contributed by atoms with Crippen molar-refractivity contribution in [1.29, 1.82) is 0 Å². The molecule has 1 fully saturated rings. The van der Waals surface area contributed by atoms with Crippen molar-refractivity contribution in [3.8, 4) is 0 Å². The van der Waals surface area contributed by atoms with Crippen LogP contribution in [0.2, 0.25) is 0 Å². The van der Waals surface area contributed by atoms with Gasteiger partial charge in [0.05, 0.1) is 17.2 Å². The van der Waals surface area contributed by atoms with Crippen molar-refractivity contribution in [3.63, 3.8) is 0 Å². The van der Waals surface area contributed by atoms with Crippen LogP contribution >= 0.6 is 15.9 Å². The Morgan fingerprint density at radius 2 is 2.37 bits per heavy atom. The zero-order valence-electron chi connectivity index (χ0n) is 10.3. The molecule has 1 aromatic carbocycles. The number of benzene rings is 1.